The van der Waals surface area contributed by atoms with Crippen LogP contribution in [0.2, 0.25) is 0 Å². The van der Waals surface area contributed by atoms with Gasteiger partial charge in [0.25, 0.3) is 0 Å². The van der Waals surface area contributed by atoms with Crippen molar-refractivity contribution in [2.24, 2.45) is 0 Å². The standard InChI is InChI=1S/C10H9NO3/c11-4-9(12)7-1-2-10-8(3-7)5-13-6-14-10/h1-3,9,12H,5-6H2/t9-/m0/s1. The first-order valence-corrected chi connectivity index (χ1v) is 4.22. The normalized spacial score (nSPS) is 16.3. The molecule has 14 heavy (non-hydrogen) atoms. The maximum atomic E-state index is 9.29. The largest absolute Gasteiger partial charge is 0.467 e. The van der Waals surface area contributed by atoms with E-state index in [9.17, 15) is 5.11 Å². The Bertz CT molecular complexity index is 383. The van der Waals surface area contributed by atoms with Gasteiger partial charge in [0, 0.05) is 5.56 Å². The second-order valence-corrected chi connectivity index (χ2v) is 3.01. The Morgan fingerprint density at radius 2 is 2.36 bits per heavy atom. The minimum Gasteiger partial charge on any atom is -0.467 e. The number of hydrogen-bond acceptors (Lipinski definition) is 4. The first kappa shape index (κ1) is 9.00. The molecule has 1 aromatic rings. The van der Waals surface area contributed by atoms with E-state index in [1.165, 1.54) is 0 Å². The van der Waals surface area contributed by atoms with E-state index >= 15 is 0 Å². The van der Waals surface area contributed by atoms with E-state index in [-0.39, 0.29) is 6.79 Å². The quantitative estimate of drug-likeness (QED) is 0.675. The molecule has 2 rings (SSSR count). The number of nitrogens with zero attached hydrogens (tertiary/aromatic N) is 1. The number of ether oxygens (including phenoxy) is 2. The third-order valence-corrected chi connectivity index (χ3v) is 2.08. The highest BCUT2D eigenvalue weighted by Crippen LogP contribution is 2.26. The van der Waals surface area contributed by atoms with E-state index in [1.54, 1.807) is 24.3 Å². The van der Waals surface area contributed by atoms with Crippen LogP contribution in [-0.4, -0.2) is 11.9 Å². The molecule has 0 saturated heterocycles. The number of aliphatic hydroxyl groups excluding tert-OH is 1. The maximum Gasteiger partial charge on any atom is 0.189 e. The van der Waals surface area contributed by atoms with Crippen molar-refractivity contribution in [2.45, 2.75) is 12.7 Å². The summed E-state index contributed by atoms with van der Waals surface area (Å²) in [4.78, 5) is 0. The van der Waals surface area contributed by atoms with Gasteiger partial charge in [0.15, 0.2) is 12.9 Å². The third kappa shape index (κ3) is 1.55. The van der Waals surface area contributed by atoms with Gasteiger partial charge >= 0.3 is 0 Å². The van der Waals surface area contributed by atoms with Crippen molar-refractivity contribution in [1.82, 2.24) is 0 Å². The van der Waals surface area contributed by atoms with Gasteiger partial charge in [-0.2, -0.15) is 5.26 Å². The van der Waals surface area contributed by atoms with Gasteiger partial charge in [-0.3, -0.25) is 0 Å². The molecule has 0 bridgehead atoms. The predicted molar refractivity (Wildman–Crippen MR) is 47.3 cm³/mol. The fourth-order valence-corrected chi connectivity index (χ4v) is 1.35. The summed E-state index contributed by atoms with van der Waals surface area (Å²) in [6.07, 6.45) is -1.08. The van der Waals surface area contributed by atoms with Crippen molar-refractivity contribution in [3.8, 4) is 11.8 Å². The van der Waals surface area contributed by atoms with Crippen LogP contribution >= 0.6 is 0 Å². The summed E-state index contributed by atoms with van der Waals surface area (Å²) in [5.74, 6) is 0.755. The second kappa shape index (κ2) is 3.66. The summed E-state index contributed by atoms with van der Waals surface area (Å²) in [6.45, 7) is 0.717. The zero-order valence-electron chi connectivity index (χ0n) is 7.43. The van der Waals surface area contributed by atoms with Crippen molar-refractivity contribution < 1.29 is 14.6 Å². The van der Waals surface area contributed by atoms with Crippen LogP contribution in [0, 0.1) is 11.3 Å². The lowest BCUT2D eigenvalue weighted by atomic mass is 10.1. The molecule has 0 radical (unpaired) electrons. The molecule has 1 heterocycles. The highest BCUT2D eigenvalue weighted by molar-refractivity contribution is 5.39. The molecule has 0 aromatic heterocycles. The molecular weight excluding hydrogens is 182 g/mol. The van der Waals surface area contributed by atoms with Gasteiger partial charge in [0.1, 0.15) is 5.75 Å². The zero-order valence-corrected chi connectivity index (χ0v) is 7.43. The van der Waals surface area contributed by atoms with Crippen LogP contribution in [0.5, 0.6) is 5.75 Å². The number of fused-ring (bicyclic) bond motifs is 1. The molecule has 4 nitrogen and oxygen atoms in total. The smallest absolute Gasteiger partial charge is 0.189 e. The van der Waals surface area contributed by atoms with Crippen LogP contribution < -0.4 is 4.74 Å². The van der Waals surface area contributed by atoms with Crippen LogP contribution in [0.3, 0.4) is 0 Å². The molecule has 1 aliphatic heterocycles. The lowest BCUT2D eigenvalue weighted by Crippen LogP contribution is -2.11. The molecule has 1 aromatic carbocycles. The van der Waals surface area contributed by atoms with Gasteiger partial charge in [-0.15, -0.1) is 0 Å². The molecule has 0 unspecified atom stereocenters. The van der Waals surface area contributed by atoms with Crippen LogP contribution in [0.15, 0.2) is 18.2 Å². The molecular formula is C10H9NO3. The Kier molecular flexibility index (Phi) is 2.35. The number of nitriles is 1. The fourth-order valence-electron chi connectivity index (χ4n) is 1.35. The minimum atomic E-state index is -1.08. The molecule has 0 fully saturated rings. The summed E-state index contributed by atoms with van der Waals surface area (Å²) in [5, 5.41) is 17.8. The molecule has 0 saturated carbocycles. The fraction of sp³-hybridized carbons (Fsp3) is 0.300. The van der Waals surface area contributed by atoms with Crippen molar-refractivity contribution in [3.63, 3.8) is 0 Å². The Morgan fingerprint density at radius 1 is 1.50 bits per heavy atom. The zero-order chi connectivity index (χ0) is 9.97. The minimum absolute atomic E-state index is 0.257. The molecule has 0 amide bonds. The van der Waals surface area contributed by atoms with E-state index in [4.69, 9.17) is 14.7 Å². The maximum absolute atomic E-state index is 9.29. The van der Waals surface area contributed by atoms with Crippen molar-refractivity contribution >= 4 is 0 Å². The van der Waals surface area contributed by atoms with E-state index in [0.29, 0.717) is 12.2 Å². The molecule has 72 valence electrons. The van der Waals surface area contributed by atoms with Gasteiger partial charge in [0.05, 0.1) is 12.7 Å². The van der Waals surface area contributed by atoms with Crippen LogP contribution in [0.4, 0.5) is 0 Å². The molecule has 1 aliphatic rings. The van der Waals surface area contributed by atoms with Gasteiger partial charge in [-0.25, -0.2) is 0 Å². The van der Waals surface area contributed by atoms with Crippen LogP contribution in [0.25, 0.3) is 0 Å². The highest BCUT2D eigenvalue weighted by atomic mass is 16.7. The van der Waals surface area contributed by atoms with Gasteiger partial charge in [-0.05, 0) is 17.7 Å². The topological polar surface area (TPSA) is 62.5 Å². The first-order valence-electron chi connectivity index (χ1n) is 4.22. The molecule has 1 N–H and O–H groups in total. The van der Waals surface area contributed by atoms with Gasteiger partial charge in [0.2, 0.25) is 0 Å². The average Bonchev–Trinajstić information content (AvgIpc) is 2.27. The lowest BCUT2D eigenvalue weighted by molar-refractivity contribution is -0.0164. The second-order valence-electron chi connectivity index (χ2n) is 3.01. The Morgan fingerprint density at radius 3 is 3.14 bits per heavy atom. The summed E-state index contributed by atoms with van der Waals surface area (Å²) < 4.78 is 10.3. The van der Waals surface area contributed by atoms with E-state index in [2.05, 4.69) is 0 Å². The summed E-state index contributed by atoms with van der Waals surface area (Å²) >= 11 is 0. The third-order valence-electron chi connectivity index (χ3n) is 2.08. The van der Waals surface area contributed by atoms with E-state index < -0.39 is 6.10 Å². The van der Waals surface area contributed by atoms with Gasteiger partial charge < -0.3 is 14.6 Å². The Balaban J connectivity index is 2.34. The lowest BCUT2D eigenvalue weighted by Gasteiger charge is -2.18. The van der Waals surface area contributed by atoms with Crippen LogP contribution in [0.1, 0.15) is 17.2 Å². The Hall–Kier alpha value is -1.57. The molecule has 4 heteroatoms. The first-order chi connectivity index (χ1) is 6.81. The summed E-state index contributed by atoms with van der Waals surface area (Å²) in [7, 11) is 0. The molecule has 1 atom stereocenters. The van der Waals surface area contributed by atoms with Gasteiger partial charge in [-0.1, -0.05) is 6.07 Å². The monoisotopic (exact) mass is 191 g/mol. The summed E-state index contributed by atoms with van der Waals surface area (Å²) in [6, 6.07) is 6.91. The number of aliphatic hydroxyl groups is 1. The van der Waals surface area contributed by atoms with Crippen molar-refractivity contribution in [3.05, 3.63) is 29.3 Å². The van der Waals surface area contributed by atoms with E-state index in [0.717, 1.165) is 11.3 Å². The number of rotatable bonds is 1. The number of hydrogen-bond donors (Lipinski definition) is 1. The average molecular weight is 191 g/mol. The van der Waals surface area contributed by atoms with Crippen LogP contribution in [-0.2, 0) is 11.3 Å². The Labute approximate surface area is 81.3 Å². The molecule has 0 aliphatic carbocycles. The predicted octanol–water partition coefficient (Wildman–Crippen LogP) is 1.11. The SMILES string of the molecule is N#C[C@H](O)c1ccc2c(c1)COCO2. The van der Waals surface area contributed by atoms with Crippen molar-refractivity contribution in [2.75, 3.05) is 6.79 Å². The highest BCUT2D eigenvalue weighted by Gasteiger charge is 2.13. The number of benzene rings is 1. The summed E-state index contributed by atoms with van der Waals surface area (Å²) in [5.41, 5.74) is 1.43. The van der Waals surface area contributed by atoms with E-state index in [1.807, 2.05) is 0 Å². The molecule has 0 spiro atoms. The van der Waals surface area contributed by atoms with Crippen molar-refractivity contribution in [1.29, 1.82) is 5.26 Å².